The third kappa shape index (κ3) is 3.36. The molecule has 0 aliphatic carbocycles. The Balaban J connectivity index is 1.42. The zero-order valence-electron chi connectivity index (χ0n) is 15.1. The van der Waals surface area contributed by atoms with Gasteiger partial charge in [-0.2, -0.15) is 5.10 Å². The van der Waals surface area contributed by atoms with Crippen LogP contribution in [0, 0.1) is 13.8 Å². The van der Waals surface area contributed by atoms with Crippen LogP contribution in [0.2, 0.25) is 0 Å². The molecule has 27 heavy (non-hydrogen) atoms. The van der Waals surface area contributed by atoms with Gasteiger partial charge in [-0.15, -0.1) is 0 Å². The summed E-state index contributed by atoms with van der Waals surface area (Å²) in [6.07, 6.45) is 1.46. The molecule has 1 aromatic carbocycles. The molecule has 0 spiro atoms. The molecule has 1 saturated heterocycles. The first-order valence-corrected chi connectivity index (χ1v) is 8.69. The molecule has 0 unspecified atom stereocenters. The van der Waals surface area contributed by atoms with Crippen LogP contribution in [0.5, 0.6) is 5.75 Å². The number of para-hydroxylation sites is 1. The van der Waals surface area contributed by atoms with E-state index in [1.165, 1.54) is 6.07 Å². The van der Waals surface area contributed by atoms with Gasteiger partial charge in [0.2, 0.25) is 0 Å². The molecule has 0 atom stereocenters. The second-order valence-electron chi connectivity index (χ2n) is 6.56. The maximum atomic E-state index is 12.8. The molecular formula is C20H19N3O4. The predicted octanol–water partition coefficient (Wildman–Crippen LogP) is 2.35. The molecule has 1 aliphatic heterocycles. The Morgan fingerprint density at radius 1 is 1.19 bits per heavy atom. The van der Waals surface area contributed by atoms with E-state index in [0.29, 0.717) is 30.2 Å². The van der Waals surface area contributed by atoms with Crippen molar-refractivity contribution in [3.8, 4) is 11.4 Å². The summed E-state index contributed by atoms with van der Waals surface area (Å²) in [6.45, 7) is 4.51. The molecule has 1 aliphatic rings. The van der Waals surface area contributed by atoms with E-state index in [9.17, 15) is 9.59 Å². The lowest BCUT2D eigenvalue weighted by Crippen LogP contribution is -2.56. The summed E-state index contributed by atoms with van der Waals surface area (Å²) < 4.78 is 12.4. The minimum atomic E-state index is -0.443. The second-order valence-corrected chi connectivity index (χ2v) is 6.56. The fourth-order valence-corrected chi connectivity index (χ4v) is 3.13. The smallest absolute Gasteiger partial charge is 0.339 e. The first kappa shape index (κ1) is 17.1. The van der Waals surface area contributed by atoms with Crippen LogP contribution in [0.1, 0.15) is 21.8 Å². The highest BCUT2D eigenvalue weighted by Gasteiger charge is 2.34. The van der Waals surface area contributed by atoms with E-state index in [-0.39, 0.29) is 12.0 Å². The third-order valence-electron chi connectivity index (χ3n) is 4.55. The highest BCUT2D eigenvalue weighted by atomic mass is 16.5. The number of ether oxygens (including phenoxy) is 1. The number of aromatic nitrogens is 2. The molecular weight excluding hydrogens is 346 g/mol. The number of carbonyl (C=O) groups is 1. The Labute approximate surface area is 155 Å². The average Bonchev–Trinajstić information content (AvgIpc) is 2.99. The van der Waals surface area contributed by atoms with Crippen molar-refractivity contribution in [1.82, 2.24) is 14.7 Å². The predicted molar refractivity (Wildman–Crippen MR) is 98.3 cm³/mol. The highest BCUT2D eigenvalue weighted by molar-refractivity contribution is 5.95. The molecule has 138 valence electrons. The summed E-state index contributed by atoms with van der Waals surface area (Å²) in [5.74, 6) is 0.890. The van der Waals surface area contributed by atoms with Crippen LogP contribution in [0.25, 0.3) is 5.69 Å². The molecule has 0 saturated carbocycles. The Morgan fingerprint density at radius 2 is 1.93 bits per heavy atom. The molecule has 0 radical (unpaired) electrons. The first-order chi connectivity index (χ1) is 13.0. The van der Waals surface area contributed by atoms with Crippen molar-refractivity contribution in [3.05, 3.63) is 76.1 Å². The van der Waals surface area contributed by atoms with E-state index in [4.69, 9.17) is 9.15 Å². The Morgan fingerprint density at radius 3 is 2.63 bits per heavy atom. The number of likely N-dealkylation sites (tertiary alicyclic amines) is 1. The molecule has 0 bridgehead atoms. The largest absolute Gasteiger partial charge is 0.486 e. The molecule has 2 aromatic heterocycles. The SMILES string of the molecule is Cc1cc(OC2CN(C(=O)c3cnn(-c4ccccc4)c3C)C2)cc(=O)o1. The minimum absolute atomic E-state index is 0.0710. The van der Waals surface area contributed by atoms with Crippen LogP contribution in [-0.2, 0) is 0 Å². The number of aryl methyl sites for hydroxylation is 1. The van der Waals surface area contributed by atoms with Gasteiger partial charge in [0.1, 0.15) is 17.6 Å². The van der Waals surface area contributed by atoms with Crippen LogP contribution < -0.4 is 10.4 Å². The Bertz CT molecular complexity index is 1030. The Hall–Kier alpha value is -3.35. The molecule has 1 fully saturated rings. The topological polar surface area (TPSA) is 77.6 Å². The average molecular weight is 365 g/mol. The number of rotatable bonds is 4. The second kappa shape index (κ2) is 6.75. The molecule has 7 heteroatoms. The summed E-state index contributed by atoms with van der Waals surface area (Å²) in [6, 6.07) is 12.7. The van der Waals surface area contributed by atoms with Crippen molar-refractivity contribution in [1.29, 1.82) is 0 Å². The van der Waals surface area contributed by atoms with E-state index >= 15 is 0 Å². The zero-order chi connectivity index (χ0) is 19.0. The van der Waals surface area contributed by atoms with Gasteiger partial charge in [0.15, 0.2) is 0 Å². The lowest BCUT2D eigenvalue weighted by atomic mass is 10.1. The summed E-state index contributed by atoms with van der Waals surface area (Å²) >= 11 is 0. The van der Waals surface area contributed by atoms with Gasteiger partial charge in [0.25, 0.3) is 5.91 Å². The van der Waals surface area contributed by atoms with Crippen LogP contribution in [-0.4, -0.2) is 39.8 Å². The lowest BCUT2D eigenvalue weighted by Gasteiger charge is -2.38. The van der Waals surface area contributed by atoms with Gasteiger partial charge in [-0.25, -0.2) is 9.48 Å². The highest BCUT2D eigenvalue weighted by Crippen LogP contribution is 2.22. The fraction of sp³-hybridized carbons (Fsp3) is 0.250. The maximum absolute atomic E-state index is 12.8. The fourth-order valence-electron chi connectivity index (χ4n) is 3.13. The van der Waals surface area contributed by atoms with Gasteiger partial charge in [0, 0.05) is 6.07 Å². The van der Waals surface area contributed by atoms with Gasteiger partial charge >= 0.3 is 5.63 Å². The van der Waals surface area contributed by atoms with Gasteiger partial charge in [-0.3, -0.25) is 4.79 Å². The van der Waals surface area contributed by atoms with Crippen molar-refractivity contribution in [2.75, 3.05) is 13.1 Å². The summed E-state index contributed by atoms with van der Waals surface area (Å²) in [4.78, 5) is 25.9. The van der Waals surface area contributed by atoms with Crippen molar-refractivity contribution in [2.24, 2.45) is 0 Å². The molecule has 3 aromatic rings. The van der Waals surface area contributed by atoms with E-state index in [0.717, 1.165) is 11.4 Å². The lowest BCUT2D eigenvalue weighted by molar-refractivity contribution is 0.0174. The molecule has 1 amide bonds. The molecule has 4 rings (SSSR count). The number of nitrogens with zero attached hydrogens (tertiary/aromatic N) is 3. The number of hydrogen-bond donors (Lipinski definition) is 0. The minimum Gasteiger partial charge on any atom is -0.486 e. The van der Waals surface area contributed by atoms with Crippen molar-refractivity contribution in [3.63, 3.8) is 0 Å². The van der Waals surface area contributed by atoms with Gasteiger partial charge < -0.3 is 14.1 Å². The number of carbonyl (C=O) groups excluding carboxylic acids is 1. The third-order valence-corrected chi connectivity index (χ3v) is 4.55. The van der Waals surface area contributed by atoms with Crippen molar-refractivity contribution < 1.29 is 13.9 Å². The molecule has 3 heterocycles. The number of benzene rings is 1. The summed E-state index contributed by atoms with van der Waals surface area (Å²) in [5.41, 5.74) is 1.85. The van der Waals surface area contributed by atoms with Gasteiger partial charge in [0.05, 0.1) is 42.3 Å². The maximum Gasteiger partial charge on any atom is 0.339 e. The van der Waals surface area contributed by atoms with Gasteiger partial charge in [-0.05, 0) is 26.0 Å². The van der Waals surface area contributed by atoms with Crippen LogP contribution in [0.3, 0.4) is 0 Å². The van der Waals surface area contributed by atoms with E-state index < -0.39 is 5.63 Å². The molecule has 0 N–H and O–H groups in total. The monoisotopic (exact) mass is 365 g/mol. The standard InChI is InChI=1S/C20H19N3O4/c1-13-8-16(9-19(24)26-13)27-17-11-22(12-17)20(25)18-10-21-23(14(18)2)15-6-4-3-5-7-15/h3-10,17H,11-12H2,1-2H3. The Kier molecular flexibility index (Phi) is 4.27. The van der Waals surface area contributed by atoms with Crippen molar-refractivity contribution in [2.45, 2.75) is 20.0 Å². The van der Waals surface area contributed by atoms with Crippen LogP contribution in [0.4, 0.5) is 0 Å². The van der Waals surface area contributed by atoms with Crippen LogP contribution in [0.15, 0.2) is 57.9 Å². The van der Waals surface area contributed by atoms with Crippen molar-refractivity contribution >= 4 is 5.91 Å². The first-order valence-electron chi connectivity index (χ1n) is 8.69. The van der Waals surface area contributed by atoms with Gasteiger partial charge in [-0.1, -0.05) is 18.2 Å². The van der Waals surface area contributed by atoms with E-state index in [1.54, 1.807) is 28.8 Å². The number of amides is 1. The zero-order valence-corrected chi connectivity index (χ0v) is 15.1. The summed E-state index contributed by atoms with van der Waals surface area (Å²) in [5, 5.41) is 4.35. The quantitative estimate of drug-likeness (QED) is 0.709. The van der Waals surface area contributed by atoms with E-state index in [1.807, 2.05) is 37.3 Å². The molecule has 7 nitrogen and oxygen atoms in total. The summed E-state index contributed by atoms with van der Waals surface area (Å²) in [7, 11) is 0. The number of hydrogen-bond acceptors (Lipinski definition) is 5. The normalized spacial score (nSPS) is 14.1. The van der Waals surface area contributed by atoms with Crippen LogP contribution >= 0.6 is 0 Å². The van der Waals surface area contributed by atoms with E-state index in [2.05, 4.69) is 5.10 Å².